The van der Waals surface area contributed by atoms with E-state index < -0.39 is 5.97 Å². The van der Waals surface area contributed by atoms with Gasteiger partial charge in [0.2, 0.25) is 11.6 Å². The highest BCUT2D eigenvalue weighted by molar-refractivity contribution is 5.84. The number of hydrogen-bond acceptors (Lipinski definition) is 4. The summed E-state index contributed by atoms with van der Waals surface area (Å²) in [4.78, 5) is 21.1. The van der Waals surface area contributed by atoms with Gasteiger partial charge >= 0.3 is 5.97 Å². The molecule has 82 valence electrons. The van der Waals surface area contributed by atoms with E-state index in [4.69, 9.17) is 9.52 Å². The number of aryl methyl sites for hydroxylation is 1. The summed E-state index contributed by atoms with van der Waals surface area (Å²) >= 11 is 0. The van der Waals surface area contributed by atoms with Crippen LogP contribution < -0.4 is 0 Å². The summed E-state index contributed by atoms with van der Waals surface area (Å²) in [6.07, 6.45) is 0.616. The van der Waals surface area contributed by atoms with E-state index in [1.165, 1.54) is 16.8 Å². The molecule has 0 amide bonds. The monoisotopic (exact) mass is 220 g/mol. The second-order valence-corrected chi connectivity index (χ2v) is 3.18. The normalized spacial score (nSPS) is 10.3. The average molecular weight is 220 g/mol. The van der Waals surface area contributed by atoms with Crippen molar-refractivity contribution in [2.45, 2.75) is 6.92 Å². The van der Waals surface area contributed by atoms with Crippen molar-refractivity contribution in [3.05, 3.63) is 35.3 Å². The van der Waals surface area contributed by atoms with Crippen LogP contribution in [0.4, 0.5) is 0 Å². The number of aromatic nitrogens is 2. The Kier molecular flexibility index (Phi) is 2.32. The summed E-state index contributed by atoms with van der Waals surface area (Å²) in [6.45, 7) is 1.74. The first-order valence-corrected chi connectivity index (χ1v) is 4.47. The van der Waals surface area contributed by atoms with E-state index in [2.05, 4.69) is 5.10 Å². The highest BCUT2D eigenvalue weighted by Gasteiger charge is 2.12. The molecule has 0 saturated heterocycles. The maximum absolute atomic E-state index is 10.6. The fraction of sp³-hybridized carbons (Fsp3) is 0.100. The lowest BCUT2D eigenvalue weighted by atomic mass is 10.4. The molecule has 0 aromatic carbocycles. The smallest absolute Gasteiger partial charge is 0.371 e. The van der Waals surface area contributed by atoms with Gasteiger partial charge in [0.05, 0.1) is 0 Å². The van der Waals surface area contributed by atoms with Gasteiger partial charge in [-0.3, -0.25) is 4.79 Å². The second-order valence-electron chi connectivity index (χ2n) is 3.18. The third-order valence-corrected chi connectivity index (χ3v) is 2.04. The predicted octanol–water partition coefficient (Wildman–Crippen LogP) is 1.28. The van der Waals surface area contributed by atoms with E-state index in [1.54, 1.807) is 13.0 Å². The largest absolute Gasteiger partial charge is 0.475 e. The lowest BCUT2D eigenvalue weighted by molar-refractivity contribution is 0.0661. The highest BCUT2D eigenvalue weighted by Crippen LogP contribution is 2.15. The van der Waals surface area contributed by atoms with E-state index in [-0.39, 0.29) is 17.3 Å². The fourth-order valence-electron chi connectivity index (χ4n) is 1.34. The molecule has 0 unspecified atom stereocenters. The number of carboxylic acid groups (broad SMARTS) is 1. The summed E-state index contributed by atoms with van der Waals surface area (Å²) in [5.41, 5.74) is 0.958. The molecule has 16 heavy (non-hydrogen) atoms. The summed E-state index contributed by atoms with van der Waals surface area (Å²) in [5.74, 6) is -1.05. The number of carbonyl (C=O) groups is 2. The molecule has 2 rings (SSSR count). The molecule has 2 heterocycles. The minimum Gasteiger partial charge on any atom is -0.475 e. The third-order valence-electron chi connectivity index (χ3n) is 2.04. The van der Waals surface area contributed by atoms with Gasteiger partial charge in [0, 0.05) is 11.8 Å². The molecule has 2 aromatic rings. The molecule has 0 aliphatic rings. The maximum atomic E-state index is 10.6. The molecule has 2 aromatic heterocycles. The van der Waals surface area contributed by atoms with Crippen molar-refractivity contribution in [3.63, 3.8) is 0 Å². The summed E-state index contributed by atoms with van der Waals surface area (Å²) in [7, 11) is 0. The van der Waals surface area contributed by atoms with E-state index >= 15 is 0 Å². The predicted molar refractivity (Wildman–Crippen MR) is 52.9 cm³/mol. The Hall–Kier alpha value is -2.37. The minimum absolute atomic E-state index is 0.169. The average Bonchev–Trinajstić information content (AvgIpc) is 2.83. The summed E-state index contributed by atoms with van der Waals surface area (Å²) < 4.78 is 6.43. The van der Waals surface area contributed by atoms with E-state index in [9.17, 15) is 9.59 Å². The number of aldehydes is 1. The standard InChI is InChI=1S/C10H8N2O4/c1-6-4-7(5-13)11-12(6)9-3-2-8(16-9)10(14)15/h2-5H,1H3,(H,14,15). The van der Waals surface area contributed by atoms with Crippen molar-refractivity contribution >= 4 is 12.3 Å². The first-order chi connectivity index (χ1) is 7.61. The van der Waals surface area contributed by atoms with Crippen LogP contribution >= 0.6 is 0 Å². The van der Waals surface area contributed by atoms with Crippen LogP contribution in [0, 0.1) is 6.92 Å². The first kappa shape index (κ1) is 10.2. The van der Waals surface area contributed by atoms with Crippen LogP contribution in [0.2, 0.25) is 0 Å². The molecular weight excluding hydrogens is 212 g/mol. The van der Waals surface area contributed by atoms with Gasteiger partial charge in [-0.05, 0) is 19.1 Å². The van der Waals surface area contributed by atoms with Crippen LogP contribution in [0.15, 0.2) is 22.6 Å². The van der Waals surface area contributed by atoms with Crippen LogP contribution in [0.25, 0.3) is 5.88 Å². The number of nitrogens with zero attached hydrogens (tertiary/aromatic N) is 2. The van der Waals surface area contributed by atoms with Gasteiger partial charge in [-0.25, -0.2) is 9.48 Å². The Morgan fingerprint density at radius 1 is 1.56 bits per heavy atom. The SMILES string of the molecule is Cc1cc(C=O)nn1-c1ccc(C(=O)O)o1. The Morgan fingerprint density at radius 3 is 2.81 bits per heavy atom. The molecule has 0 aliphatic heterocycles. The zero-order valence-electron chi connectivity index (χ0n) is 8.38. The molecule has 0 radical (unpaired) electrons. The molecule has 6 heteroatoms. The van der Waals surface area contributed by atoms with Crippen molar-refractivity contribution in [2.24, 2.45) is 0 Å². The highest BCUT2D eigenvalue weighted by atomic mass is 16.4. The quantitative estimate of drug-likeness (QED) is 0.787. The number of carbonyl (C=O) groups excluding carboxylic acids is 1. The van der Waals surface area contributed by atoms with Gasteiger partial charge in [-0.2, -0.15) is 5.10 Å². The van der Waals surface area contributed by atoms with Crippen molar-refractivity contribution in [2.75, 3.05) is 0 Å². The van der Waals surface area contributed by atoms with Crippen LogP contribution in [0.1, 0.15) is 26.7 Å². The van der Waals surface area contributed by atoms with Crippen molar-refractivity contribution in [1.82, 2.24) is 9.78 Å². The number of rotatable bonds is 3. The summed E-state index contributed by atoms with van der Waals surface area (Å²) in [6, 6.07) is 4.40. The Labute approximate surface area is 90.1 Å². The first-order valence-electron chi connectivity index (χ1n) is 4.47. The van der Waals surface area contributed by atoms with Gasteiger partial charge in [-0.15, -0.1) is 0 Å². The molecule has 0 spiro atoms. The molecule has 0 saturated carbocycles. The van der Waals surface area contributed by atoms with Crippen LogP contribution in [-0.2, 0) is 0 Å². The maximum Gasteiger partial charge on any atom is 0.371 e. The number of carboxylic acids is 1. The number of aromatic carboxylic acids is 1. The molecule has 1 N–H and O–H groups in total. The van der Waals surface area contributed by atoms with E-state index in [0.29, 0.717) is 12.0 Å². The van der Waals surface area contributed by atoms with Gasteiger partial charge in [0.25, 0.3) is 0 Å². The lowest BCUT2D eigenvalue weighted by Crippen LogP contribution is -1.98. The van der Waals surface area contributed by atoms with Gasteiger partial charge in [-0.1, -0.05) is 0 Å². The van der Waals surface area contributed by atoms with Crippen molar-refractivity contribution in [1.29, 1.82) is 0 Å². The molecule has 0 atom stereocenters. The zero-order valence-corrected chi connectivity index (χ0v) is 8.38. The van der Waals surface area contributed by atoms with Gasteiger partial charge in [0.1, 0.15) is 5.69 Å². The van der Waals surface area contributed by atoms with Crippen LogP contribution in [0.3, 0.4) is 0 Å². The fourth-order valence-corrected chi connectivity index (χ4v) is 1.34. The Morgan fingerprint density at radius 2 is 2.31 bits per heavy atom. The van der Waals surface area contributed by atoms with E-state index in [0.717, 1.165) is 0 Å². The van der Waals surface area contributed by atoms with Crippen LogP contribution in [0.5, 0.6) is 0 Å². The van der Waals surface area contributed by atoms with Crippen molar-refractivity contribution in [3.8, 4) is 5.88 Å². The summed E-state index contributed by atoms with van der Waals surface area (Å²) in [5, 5.41) is 12.6. The number of hydrogen-bond donors (Lipinski definition) is 1. The molecule has 6 nitrogen and oxygen atoms in total. The number of furan rings is 1. The Bertz CT molecular complexity index is 553. The Balaban J connectivity index is 2.45. The zero-order chi connectivity index (χ0) is 11.7. The van der Waals surface area contributed by atoms with E-state index in [1.807, 2.05) is 0 Å². The molecule has 0 bridgehead atoms. The molecule has 0 aliphatic carbocycles. The minimum atomic E-state index is -1.15. The molecule has 0 fully saturated rings. The second kappa shape index (κ2) is 3.65. The topological polar surface area (TPSA) is 85.3 Å². The van der Waals surface area contributed by atoms with Gasteiger partial charge < -0.3 is 9.52 Å². The van der Waals surface area contributed by atoms with Gasteiger partial charge in [0.15, 0.2) is 6.29 Å². The lowest BCUT2D eigenvalue weighted by Gasteiger charge is -1.97. The van der Waals surface area contributed by atoms with Crippen molar-refractivity contribution < 1.29 is 19.1 Å². The molecular formula is C10H8N2O4. The van der Waals surface area contributed by atoms with Crippen LogP contribution in [-0.4, -0.2) is 27.1 Å². The third kappa shape index (κ3) is 1.60.